The number of rotatable bonds is 5. The second-order valence-electron chi connectivity index (χ2n) is 4.97. The monoisotopic (exact) mass is 302 g/mol. The van der Waals surface area contributed by atoms with Crippen LogP contribution in [0, 0.1) is 0 Å². The van der Waals surface area contributed by atoms with Crippen LogP contribution in [0.15, 0.2) is 18.2 Å². The second-order valence-corrected chi connectivity index (χ2v) is 5.81. The van der Waals surface area contributed by atoms with E-state index in [2.05, 4.69) is 5.43 Å². The molecule has 1 fully saturated rings. The standard InChI is InChI=1S/C14H20Cl2N2O/c1-2-19-14(7-3-4-8-14)13(18-17)11-9-10(15)5-6-12(11)16/h5-6,9,13,18H,2-4,7-8,17H2,1H3. The van der Waals surface area contributed by atoms with Crippen molar-refractivity contribution in [1.29, 1.82) is 0 Å². The molecule has 5 heteroatoms. The van der Waals surface area contributed by atoms with E-state index in [1.165, 1.54) is 0 Å². The summed E-state index contributed by atoms with van der Waals surface area (Å²) in [4.78, 5) is 0. The zero-order valence-electron chi connectivity index (χ0n) is 11.1. The van der Waals surface area contributed by atoms with Crippen LogP contribution in [0.3, 0.4) is 0 Å². The van der Waals surface area contributed by atoms with Gasteiger partial charge in [-0.05, 0) is 43.5 Å². The van der Waals surface area contributed by atoms with Crippen molar-refractivity contribution in [2.24, 2.45) is 5.84 Å². The fourth-order valence-corrected chi connectivity index (χ4v) is 3.45. The Morgan fingerprint density at radius 3 is 2.63 bits per heavy atom. The smallest absolute Gasteiger partial charge is 0.0889 e. The lowest BCUT2D eigenvalue weighted by Crippen LogP contribution is -2.47. The Hall–Kier alpha value is -0.320. The number of hydrazine groups is 1. The van der Waals surface area contributed by atoms with Crippen LogP contribution >= 0.6 is 23.2 Å². The first-order valence-electron chi connectivity index (χ1n) is 6.68. The maximum absolute atomic E-state index is 6.30. The van der Waals surface area contributed by atoms with Gasteiger partial charge in [-0.1, -0.05) is 36.0 Å². The van der Waals surface area contributed by atoms with Crippen LogP contribution in [0.4, 0.5) is 0 Å². The third-order valence-electron chi connectivity index (χ3n) is 3.84. The molecule has 1 unspecified atom stereocenters. The number of hydrogen-bond donors (Lipinski definition) is 2. The predicted molar refractivity (Wildman–Crippen MR) is 79.4 cm³/mol. The van der Waals surface area contributed by atoms with Crippen molar-refractivity contribution in [3.63, 3.8) is 0 Å². The number of hydrogen-bond acceptors (Lipinski definition) is 3. The van der Waals surface area contributed by atoms with Gasteiger partial charge in [0, 0.05) is 16.7 Å². The van der Waals surface area contributed by atoms with Crippen molar-refractivity contribution in [3.8, 4) is 0 Å². The molecular weight excluding hydrogens is 283 g/mol. The minimum Gasteiger partial charge on any atom is -0.373 e. The van der Waals surface area contributed by atoms with E-state index in [1.54, 1.807) is 12.1 Å². The summed E-state index contributed by atoms with van der Waals surface area (Å²) in [6.45, 7) is 2.67. The lowest BCUT2D eigenvalue weighted by Gasteiger charge is -2.37. The van der Waals surface area contributed by atoms with Gasteiger partial charge in [0.15, 0.2) is 0 Å². The number of nitrogens with two attached hydrogens (primary N) is 1. The molecule has 0 amide bonds. The van der Waals surface area contributed by atoms with Crippen molar-refractivity contribution >= 4 is 23.2 Å². The van der Waals surface area contributed by atoms with Crippen LogP contribution in [0.5, 0.6) is 0 Å². The molecule has 19 heavy (non-hydrogen) atoms. The summed E-state index contributed by atoms with van der Waals surface area (Å²) in [5, 5.41) is 1.32. The molecule has 2 rings (SSSR count). The number of benzene rings is 1. The lowest BCUT2D eigenvalue weighted by molar-refractivity contribution is -0.0627. The molecule has 0 spiro atoms. The van der Waals surface area contributed by atoms with Gasteiger partial charge in [-0.2, -0.15) is 0 Å². The molecule has 3 N–H and O–H groups in total. The van der Waals surface area contributed by atoms with Crippen LogP contribution in [0.1, 0.15) is 44.2 Å². The minimum absolute atomic E-state index is 0.138. The van der Waals surface area contributed by atoms with E-state index in [-0.39, 0.29) is 11.6 Å². The third-order valence-corrected chi connectivity index (χ3v) is 4.42. The summed E-state index contributed by atoms with van der Waals surface area (Å²) in [5.74, 6) is 5.79. The maximum Gasteiger partial charge on any atom is 0.0889 e. The van der Waals surface area contributed by atoms with Crippen molar-refractivity contribution in [2.75, 3.05) is 6.61 Å². The molecule has 1 atom stereocenters. The van der Waals surface area contributed by atoms with E-state index in [9.17, 15) is 0 Å². The zero-order valence-corrected chi connectivity index (χ0v) is 12.6. The molecule has 1 aromatic carbocycles. The predicted octanol–water partition coefficient (Wildman–Crippen LogP) is 3.85. The van der Waals surface area contributed by atoms with Crippen LogP contribution in [-0.2, 0) is 4.74 Å². The SMILES string of the molecule is CCOC1(C(NN)c2cc(Cl)ccc2Cl)CCCC1. The number of nitrogens with one attached hydrogen (secondary N) is 1. The summed E-state index contributed by atoms with van der Waals surface area (Å²) in [6, 6.07) is 5.32. The maximum atomic E-state index is 6.30. The van der Waals surface area contributed by atoms with Gasteiger partial charge in [0.2, 0.25) is 0 Å². The Morgan fingerprint density at radius 2 is 2.05 bits per heavy atom. The Bertz CT molecular complexity index is 433. The van der Waals surface area contributed by atoms with Crippen molar-refractivity contribution in [2.45, 2.75) is 44.2 Å². The van der Waals surface area contributed by atoms with Gasteiger partial charge in [-0.3, -0.25) is 11.3 Å². The van der Waals surface area contributed by atoms with Gasteiger partial charge in [-0.25, -0.2) is 0 Å². The molecule has 0 aromatic heterocycles. The fourth-order valence-electron chi connectivity index (χ4n) is 3.04. The highest BCUT2D eigenvalue weighted by atomic mass is 35.5. The summed E-state index contributed by atoms with van der Waals surface area (Å²) in [5.41, 5.74) is 3.52. The molecule has 0 heterocycles. The van der Waals surface area contributed by atoms with Crippen LogP contribution < -0.4 is 11.3 Å². The van der Waals surface area contributed by atoms with Gasteiger partial charge < -0.3 is 4.74 Å². The highest BCUT2D eigenvalue weighted by Crippen LogP contribution is 2.44. The Balaban J connectivity index is 2.39. The summed E-state index contributed by atoms with van der Waals surface area (Å²) >= 11 is 12.4. The average molecular weight is 303 g/mol. The second kappa shape index (κ2) is 6.42. The van der Waals surface area contributed by atoms with Gasteiger partial charge in [0.1, 0.15) is 0 Å². The molecule has 1 aliphatic carbocycles. The molecule has 0 saturated heterocycles. The largest absolute Gasteiger partial charge is 0.373 e. The van der Waals surface area contributed by atoms with Crippen molar-refractivity contribution in [3.05, 3.63) is 33.8 Å². The van der Waals surface area contributed by atoms with Crippen LogP contribution in [-0.4, -0.2) is 12.2 Å². The average Bonchev–Trinajstić information content (AvgIpc) is 2.84. The number of ether oxygens (including phenoxy) is 1. The lowest BCUT2D eigenvalue weighted by atomic mass is 9.87. The first kappa shape index (κ1) is 15.1. The highest BCUT2D eigenvalue weighted by Gasteiger charge is 2.43. The molecule has 3 nitrogen and oxygen atoms in total. The van der Waals surface area contributed by atoms with E-state index < -0.39 is 0 Å². The van der Waals surface area contributed by atoms with Gasteiger partial charge in [-0.15, -0.1) is 0 Å². The van der Waals surface area contributed by atoms with E-state index in [1.807, 2.05) is 13.0 Å². The van der Waals surface area contributed by atoms with Crippen molar-refractivity contribution in [1.82, 2.24) is 5.43 Å². The fraction of sp³-hybridized carbons (Fsp3) is 0.571. The van der Waals surface area contributed by atoms with E-state index in [0.717, 1.165) is 31.2 Å². The van der Waals surface area contributed by atoms with Gasteiger partial charge >= 0.3 is 0 Å². The van der Waals surface area contributed by atoms with Crippen LogP contribution in [0.25, 0.3) is 0 Å². The summed E-state index contributed by atoms with van der Waals surface area (Å²) in [6.07, 6.45) is 4.27. The van der Waals surface area contributed by atoms with E-state index >= 15 is 0 Å². The number of halogens is 2. The first-order valence-corrected chi connectivity index (χ1v) is 7.43. The molecular formula is C14H20Cl2N2O. The molecule has 1 aromatic rings. The first-order chi connectivity index (χ1) is 9.13. The normalized spacial score (nSPS) is 19.6. The highest BCUT2D eigenvalue weighted by molar-refractivity contribution is 6.33. The quantitative estimate of drug-likeness (QED) is 0.641. The van der Waals surface area contributed by atoms with Gasteiger partial charge in [0.25, 0.3) is 0 Å². The molecule has 0 radical (unpaired) electrons. The molecule has 106 valence electrons. The minimum atomic E-state index is -0.280. The Labute approximate surface area is 124 Å². The molecule has 1 aliphatic rings. The van der Waals surface area contributed by atoms with E-state index in [4.69, 9.17) is 33.8 Å². The van der Waals surface area contributed by atoms with Gasteiger partial charge in [0.05, 0.1) is 11.6 Å². The topological polar surface area (TPSA) is 47.3 Å². The van der Waals surface area contributed by atoms with Crippen molar-refractivity contribution < 1.29 is 4.74 Å². The third kappa shape index (κ3) is 3.06. The Kier molecular flexibility index (Phi) is 5.09. The summed E-state index contributed by atoms with van der Waals surface area (Å²) in [7, 11) is 0. The molecule has 0 aliphatic heterocycles. The molecule has 0 bridgehead atoms. The van der Waals surface area contributed by atoms with Crippen LogP contribution in [0.2, 0.25) is 10.0 Å². The van der Waals surface area contributed by atoms with E-state index in [0.29, 0.717) is 16.7 Å². The molecule has 1 saturated carbocycles. The summed E-state index contributed by atoms with van der Waals surface area (Å²) < 4.78 is 6.05. The Morgan fingerprint density at radius 1 is 1.37 bits per heavy atom. The zero-order chi connectivity index (χ0) is 13.9.